The lowest BCUT2D eigenvalue weighted by atomic mass is 9.98. The summed E-state index contributed by atoms with van der Waals surface area (Å²) in [5.41, 5.74) is 3.45. The molecule has 0 spiro atoms. The maximum absolute atomic E-state index is 8.99. The van der Waals surface area contributed by atoms with Crippen LogP contribution < -0.4 is 4.74 Å². The summed E-state index contributed by atoms with van der Waals surface area (Å²) in [4.78, 5) is 0. The highest BCUT2D eigenvalue weighted by atomic mass is 16.5. The summed E-state index contributed by atoms with van der Waals surface area (Å²) in [5, 5.41) is 8.99. The van der Waals surface area contributed by atoms with Gasteiger partial charge in [-0.2, -0.15) is 0 Å². The second-order valence-corrected chi connectivity index (χ2v) is 5.14. The van der Waals surface area contributed by atoms with Crippen molar-refractivity contribution >= 4 is 0 Å². The number of benzene rings is 2. The van der Waals surface area contributed by atoms with E-state index in [1.54, 1.807) is 0 Å². The normalized spacial score (nSPS) is 12.2. The third kappa shape index (κ3) is 3.84. The molecule has 1 N–H and O–H groups in total. The molecule has 2 aromatic carbocycles. The van der Waals surface area contributed by atoms with E-state index in [0.717, 1.165) is 17.7 Å². The predicted molar refractivity (Wildman–Crippen MR) is 81.8 cm³/mol. The highest BCUT2D eigenvalue weighted by molar-refractivity contribution is 5.28. The largest absolute Gasteiger partial charge is 0.489 e. The van der Waals surface area contributed by atoms with Crippen molar-refractivity contribution in [3.05, 3.63) is 65.2 Å². The quantitative estimate of drug-likeness (QED) is 0.849. The number of aliphatic hydroxyl groups is 1. The van der Waals surface area contributed by atoms with E-state index >= 15 is 0 Å². The van der Waals surface area contributed by atoms with Gasteiger partial charge in [0, 0.05) is 0 Å². The van der Waals surface area contributed by atoms with Gasteiger partial charge in [-0.3, -0.25) is 0 Å². The SMILES string of the molecule is CCC(C)c1ccc(COc2ccc(CO)cc2)cc1. The van der Waals surface area contributed by atoms with Crippen LogP contribution in [0.5, 0.6) is 5.75 Å². The first kappa shape index (κ1) is 14.6. The van der Waals surface area contributed by atoms with Crippen molar-refractivity contribution in [2.24, 2.45) is 0 Å². The van der Waals surface area contributed by atoms with E-state index in [1.807, 2.05) is 24.3 Å². The van der Waals surface area contributed by atoms with Crippen LogP contribution in [0.2, 0.25) is 0 Å². The van der Waals surface area contributed by atoms with E-state index in [9.17, 15) is 0 Å². The maximum atomic E-state index is 8.99. The van der Waals surface area contributed by atoms with Crippen LogP contribution >= 0.6 is 0 Å². The Hall–Kier alpha value is -1.80. The second kappa shape index (κ2) is 7.11. The molecule has 2 rings (SSSR count). The molecular weight excluding hydrogens is 248 g/mol. The molecule has 2 nitrogen and oxygen atoms in total. The minimum atomic E-state index is 0.0668. The molecule has 0 aliphatic rings. The zero-order valence-electron chi connectivity index (χ0n) is 12.2. The van der Waals surface area contributed by atoms with Crippen LogP contribution in [0.3, 0.4) is 0 Å². The minimum absolute atomic E-state index is 0.0668. The van der Waals surface area contributed by atoms with Gasteiger partial charge in [-0.1, -0.05) is 50.2 Å². The Balaban J connectivity index is 1.93. The van der Waals surface area contributed by atoms with Gasteiger partial charge >= 0.3 is 0 Å². The van der Waals surface area contributed by atoms with E-state index < -0.39 is 0 Å². The van der Waals surface area contributed by atoms with E-state index in [2.05, 4.69) is 38.1 Å². The molecule has 0 aliphatic carbocycles. The molecule has 0 bridgehead atoms. The lowest BCUT2D eigenvalue weighted by molar-refractivity contribution is 0.280. The first-order valence-corrected chi connectivity index (χ1v) is 7.14. The zero-order valence-corrected chi connectivity index (χ0v) is 12.2. The molecule has 20 heavy (non-hydrogen) atoms. The van der Waals surface area contributed by atoms with Crippen LogP contribution in [-0.4, -0.2) is 5.11 Å². The number of aliphatic hydroxyl groups excluding tert-OH is 1. The van der Waals surface area contributed by atoms with E-state index in [-0.39, 0.29) is 6.61 Å². The van der Waals surface area contributed by atoms with Crippen molar-refractivity contribution in [2.75, 3.05) is 0 Å². The first-order valence-electron chi connectivity index (χ1n) is 7.14. The van der Waals surface area contributed by atoms with E-state index in [0.29, 0.717) is 12.5 Å². The lowest BCUT2D eigenvalue weighted by Crippen LogP contribution is -1.97. The summed E-state index contributed by atoms with van der Waals surface area (Å²) in [5.74, 6) is 1.43. The van der Waals surface area contributed by atoms with Gasteiger partial charge in [0.15, 0.2) is 0 Å². The van der Waals surface area contributed by atoms with Gasteiger partial charge in [0.25, 0.3) is 0 Å². The lowest BCUT2D eigenvalue weighted by Gasteiger charge is -2.10. The molecule has 1 unspecified atom stereocenters. The van der Waals surface area contributed by atoms with Crippen molar-refractivity contribution in [1.82, 2.24) is 0 Å². The molecule has 0 radical (unpaired) electrons. The van der Waals surface area contributed by atoms with Crippen molar-refractivity contribution in [3.63, 3.8) is 0 Å². The molecule has 106 valence electrons. The molecule has 0 amide bonds. The van der Waals surface area contributed by atoms with E-state index in [4.69, 9.17) is 9.84 Å². The van der Waals surface area contributed by atoms with Crippen LogP contribution in [0, 0.1) is 0 Å². The summed E-state index contributed by atoms with van der Waals surface area (Å²) in [6.07, 6.45) is 1.16. The Morgan fingerprint density at radius 2 is 1.55 bits per heavy atom. The average molecular weight is 270 g/mol. The molecule has 1 atom stereocenters. The number of rotatable bonds is 6. The third-order valence-corrected chi connectivity index (χ3v) is 3.67. The zero-order chi connectivity index (χ0) is 14.4. The summed E-state index contributed by atoms with van der Waals surface area (Å²) in [6.45, 7) is 5.09. The Morgan fingerprint density at radius 1 is 0.950 bits per heavy atom. The van der Waals surface area contributed by atoms with Gasteiger partial charge in [-0.15, -0.1) is 0 Å². The summed E-state index contributed by atoms with van der Waals surface area (Å²) >= 11 is 0. The smallest absolute Gasteiger partial charge is 0.119 e. The van der Waals surface area contributed by atoms with Crippen molar-refractivity contribution in [2.45, 2.75) is 39.4 Å². The Labute approximate surface area is 121 Å². The van der Waals surface area contributed by atoms with Gasteiger partial charge in [0.2, 0.25) is 0 Å². The molecule has 0 aromatic heterocycles. The van der Waals surface area contributed by atoms with Crippen LogP contribution in [0.15, 0.2) is 48.5 Å². The topological polar surface area (TPSA) is 29.5 Å². The van der Waals surface area contributed by atoms with Crippen LogP contribution in [0.1, 0.15) is 42.9 Å². The summed E-state index contributed by atoms with van der Waals surface area (Å²) in [7, 11) is 0. The van der Waals surface area contributed by atoms with Gasteiger partial charge in [0.1, 0.15) is 12.4 Å². The highest BCUT2D eigenvalue weighted by Gasteiger charge is 2.03. The molecular formula is C18H22O2. The Morgan fingerprint density at radius 3 is 2.10 bits per heavy atom. The standard InChI is InChI=1S/C18H22O2/c1-3-14(2)17-8-4-16(5-9-17)13-20-18-10-6-15(12-19)7-11-18/h4-11,14,19H,3,12-13H2,1-2H3. The Kier molecular flexibility index (Phi) is 5.19. The predicted octanol–water partition coefficient (Wildman–Crippen LogP) is 4.27. The second-order valence-electron chi connectivity index (χ2n) is 5.14. The molecule has 2 aromatic rings. The Bertz CT molecular complexity index is 514. The van der Waals surface area contributed by atoms with Crippen LogP contribution in [-0.2, 0) is 13.2 Å². The first-order chi connectivity index (χ1) is 9.72. The summed E-state index contributed by atoms with van der Waals surface area (Å²) in [6, 6.07) is 16.2. The van der Waals surface area contributed by atoms with Crippen LogP contribution in [0.4, 0.5) is 0 Å². The molecule has 0 fully saturated rings. The molecule has 0 heterocycles. The van der Waals surface area contributed by atoms with Gasteiger partial charge in [0.05, 0.1) is 6.61 Å². The van der Waals surface area contributed by atoms with Gasteiger partial charge < -0.3 is 9.84 Å². The van der Waals surface area contributed by atoms with Crippen molar-refractivity contribution in [3.8, 4) is 5.75 Å². The fourth-order valence-corrected chi connectivity index (χ4v) is 2.04. The van der Waals surface area contributed by atoms with Crippen molar-refractivity contribution in [1.29, 1.82) is 0 Å². The fraction of sp³-hybridized carbons (Fsp3) is 0.333. The molecule has 2 heteroatoms. The van der Waals surface area contributed by atoms with Crippen LogP contribution in [0.25, 0.3) is 0 Å². The van der Waals surface area contributed by atoms with Crippen molar-refractivity contribution < 1.29 is 9.84 Å². The van der Waals surface area contributed by atoms with E-state index in [1.165, 1.54) is 11.1 Å². The number of hydrogen-bond acceptors (Lipinski definition) is 2. The molecule has 0 saturated carbocycles. The minimum Gasteiger partial charge on any atom is -0.489 e. The number of ether oxygens (including phenoxy) is 1. The van der Waals surface area contributed by atoms with Gasteiger partial charge in [-0.25, -0.2) is 0 Å². The highest BCUT2D eigenvalue weighted by Crippen LogP contribution is 2.20. The number of hydrogen-bond donors (Lipinski definition) is 1. The summed E-state index contributed by atoms with van der Waals surface area (Å²) < 4.78 is 5.74. The maximum Gasteiger partial charge on any atom is 0.119 e. The fourth-order valence-electron chi connectivity index (χ4n) is 2.04. The average Bonchev–Trinajstić information content (AvgIpc) is 2.53. The molecule has 0 aliphatic heterocycles. The third-order valence-electron chi connectivity index (χ3n) is 3.67. The van der Waals surface area contributed by atoms with Gasteiger partial charge in [-0.05, 0) is 41.2 Å². The molecule has 0 saturated heterocycles. The monoisotopic (exact) mass is 270 g/mol.